The van der Waals surface area contributed by atoms with Crippen LogP contribution in [0.2, 0.25) is 0 Å². The average Bonchev–Trinajstić information content (AvgIpc) is 1.60. The lowest BCUT2D eigenvalue weighted by atomic mass is 10.1. The van der Waals surface area contributed by atoms with Crippen LogP contribution < -0.4 is 5.06 Å². The van der Waals surface area contributed by atoms with E-state index in [2.05, 4.69) is 0 Å². The van der Waals surface area contributed by atoms with E-state index >= 15 is 0 Å². The molecular formula is C6H13NO2. The molecule has 1 saturated heterocycles. The van der Waals surface area contributed by atoms with Crippen molar-refractivity contribution in [2.24, 2.45) is 0 Å². The van der Waals surface area contributed by atoms with Crippen LogP contribution in [-0.2, 0) is 4.74 Å². The lowest BCUT2D eigenvalue weighted by Gasteiger charge is -2.37. The molecule has 1 heterocycles. The monoisotopic (exact) mass is 131 g/mol. The largest absolute Gasteiger partial charge is 0.634 e. The van der Waals surface area contributed by atoms with E-state index in [0.717, 1.165) is 0 Å². The fourth-order valence-corrected chi connectivity index (χ4v) is 1.06. The molecule has 3 nitrogen and oxygen atoms in total. The summed E-state index contributed by atoms with van der Waals surface area (Å²) in [6, 6.07) is 0. The quantitative estimate of drug-likeness (QED) is 0.436. The van der Waals surface area contributed by atoms with Gasteiger partial charge in [0.2, 0.25) is 0 Å². The number of quaternary nitrogens is 1. The molecule has 0 aromatic heterocycles. The Hall–Kier alpha value is -0.120. The Kier molecular flexibility index (Phi) is 1.75. The normalized spacial score (nSPS) is 34.3. The zero-order valence-corrected chi connectivity index (χ0v) is 5.94. The number of hydrogen-bond acceptors (Lipinski definition) is 2. The minimum absolute atomic E-state index is 0.199. The zero-order valence-electron chi connectivity index (χ0n) is 5.94. The smallest absolute Gasteiger partial charge is 0.112 e. The molecule has 0 spiro atoms. The van der Waals surface area contributed by atoms with Crippen molar-refractivity contribution in [3.8, 4) is 0 Å². The first kappa shape index (κ1) is 6.99. The van der Waals surface area contributed by atoms with Gasteiger partial charge < -0.3 is 15.0 Å². The van der Waals surface area contributed by atoms with Gasteiger partial charge in [0.15, 0.2) is 0 Å². The molecule has 0 saturated carbocycles. The third-order valence-electron chi connectivity index (χ3n) is 1.50. The predicted molar refractivity (Wildman–Crippen MR) is 34.1 cm³/mol. The second-order valence-corrected chi connectivity index (χ2v) is 3.07. The Labute approximate surface area is 55.2 Å². The fraction of sp³-hybridized carbons (Fsp3) is 1.00. The molecule has 0 amide bonds. The average molecular weight is 131 g/mol. The van der Waals surface area contributed by atoms with E-state index in [-0.39, 0.29) is 5.60 Å². The topological polar surface area (TPSA) is 36.7 Å². The van der Waals surface area contributed by atoms with Gasteiger partial charge in [0.25, 0.3) is 0 Å². The van der Waals surface area contributed by atoms with Crippen LogP contribution in [0.25, 0.3) is 0 Å². The molecule has 0 aliphatic carbocycles. The molecule has 0 radical (unpaired) electrons. The Morgan fingerprint density at radius 1 is 1.56 bits per heavy atom. The van der Waals surface area contributed by atoms with Crippen molar-refractivity contribution < 1.29 is 9.80 Å². The summed E-state index contributed by atoms with van der Waals surface area (Å²) in [4.78, 5) is 0. The number of ether oxygens (including phenoxy) is 1. The lowest BCUT2D eigenvalue weighted by molar-refractivity contribution is -0.865. The molecule has 1 unspecified atom stereocenters. The summed E-state index contributed by atoms with van der Waals surface area (Å²) in [5, 5.41) is 11.1. The Balaban J connectivity index is 2.41. The summed E-state index contributed by atoms with van der Waals surface area (Å²) < 4.78 is 5.31. The Morgan fingerprint density at radius 2 is 2.22 bits per heavy atom. The maximum atomic E-state index is 10.8. The number of hydrogen-bond donors (Lipinski definition) is 1. The van der Waals surface area contributed by atoms with Crippen LogP contribution in [0.1, 0.15) is 13.8 Å². The maximum absolute atomic E-state index is 10.8. The van der Waals surface area contributed by atoms with Crippen molar-refractivity contribution in [2.45, 2.75) is 19.4 Å². The van der Waals surface area contributed by atoms with Crippen LogP contribution in [0.4, 0.5) is 0 Å². The van der Waals surface area contributed by atoms with E-state index in [1.807, 2.05) is 13.8 Å². The summed E-state index contributed by atoms with van der Waals surface area (Å²) in [7, 11) is 0. The summed E-state index contributed by atoms with van der Waals surface area (Å²) in [5.41, 5.74) is -0.199. The van der Waals surface area contributed by atoms with Crippen LogP contribution in [0.5, 0.6) is 0 Å². The van der Waals surface area contributed by atoms with Gasteiger partial charge in [0.1, 0.15) is 18.7 Å². The van der Waals surface area contributed by atoms with Gasteiger partial charge >= 0.3 is 0 Å². The highest BCUT2D eigenvalue weighted by Gasteiger charge is 2.26. The summed E-state index contributed by atoms with van der Waals surface area (Å²) in [6.45, 7) is 5.68. The molecule has 3 heteroatoms. The molecule has 0 aromatic carbocycles. The van der Waals surface area contributed by atoms with Crippen molar-refractivity contribution >= 4 is 0 Å². The van der Waals surface area contributed by atoms with E-state index in [4.69, 9.17) is 4.74 Å². The minimum atomic E-state index is -0.199. The number of nitrogens with one attached hydrogen (secondary N) is 1. The van der Waals surface area contributed by atoms with Crippen molar-refractivity contribution in [1.82, 2.24) is 0 Å². The highest BCUT2D eigenvalue weighted by atomic mass is 16.5. The number of morpholine rings is 1. The Bertz CT molecular complexity index is 103. The van der Waals surface area contributed by atoms with Crippen molar-refractivity contribution in [1.29, 1.82) is 0 Å². The molecule has 1 fully saturated rings. The van der Waals surface area contributed by atoms with Crippen LogP contribution in [-0.4, -0.2) is 25.3 Å². The zero-order chi connectivity index (χ0) is 6.91. The molecule has 54 valence electrons. The molecule has 1 aliphatic rings. The van der Waals surface area contributed by atoms with E-state index in [1.54, 1.807) is 0 Å². The molecule has 0 aromatic rings. The van der Waals surface area contributed by atoms with E-state index in [9.17, 15) is 5.21 Å². The van der Waals surface area contributed by atoms with Crippen molar-refractivity contribution in [3.05, 3.63) is 5.21 Å². The first-order valence-electron chi connectivity index (χ1n) is 3.26. The second-order valence-electron chi connectivity index (χ2n) is 3.07. The molecule has 0 bridgehead atoms. The van der Waals surface area contributed by atoms with Crippen molar-refractivity contribution in [2.75, 3.05) is 19.7 Å². The first-order valence-corrected chi connectivity index (χ1v) is 3.26. The first-order chi connectivity index (χ1) is 4.10. The van der Waals surface area contributed by atoms with Gasteiger partial charge in [0, 0.05) is 0 Å². The van der Waals surface area contributed by atoms with Crippen LogP contribution >= 0.6 is 0 Å². The van der Waals surface area contributed by atoms with Crippen LogP contribution in [0, 0.1) is 5.21 Å². The number of hydroxylamine groups is 2. The molecule has 1 rings (SSSR count). The summed E-state index contributed by atoms with van der Waals surface area (Å²) in [6.07, 6.45) is 0. The molecular weight excluding hydrogens is 118 g/mol. The second kappa shape index (κ2) is 2.25. The van der Waals surface area contributed by atoms with Gasteiger partial charge in [-0.05, 0) is 13.8 Å². The van der Waals surface area contributed by atoms with E-state index < -0.39 is 0 Å². The SMILES string of the molecule is CC1(C)C[NH+]([O-])CCO1. The van der Waals surface area contributed by atoms with Gasteiger partial charge in [-0.3, -0.25) is 0 Å². The summed E-state index contributed by atoms with van der Waals surface area (Å²) in [5.74, 6) is 0. The van der Waals surface area contributed by atoms with Gasteiger partial charge in [-0.25, -0.2) is 0 Å². The minimum Gasteiger partial charge on any atom is -0.634 e. The molecule has 1 N–H and O–H groups in total. The molecule has 9 heavy (non-hydrogen) atoms. The third-order valence-corrected chi connectivity index (χ3v) is 1.50. The predicted octanol–water partition coefficient (Wildman–Crippen LogP) is -0.822. The maximum Gasteiger partial charge on any atom is 0.112 e. The lowest BCUT2D eigenvalue weighted by Crippen LogP contribution is -3.11. The van der Waals surface area contributed by atoms with Crippen molar-refractivity contribution in [3.63, 3.8) is 0 Å². The van der Waals surface area contributed by atoms with E-state index in [0.29, 0.717) is 24.8 Å². The number of rotatable bonds is 0. The van der Waals surface area contributed by atoms with E-state index in [1.165, 1.54) is 0 Å². The van der Waals surface area contributed by atoms with Gasteiger partial charge in [0.05, 0.1) is 6.61 Å². The molecule has 1 aliphatic heterocycles. The standard InChI is InChI=1S/C6H13NO2/c1-6(2)5-7(8)3-4-9-6/h7H,3-5H2,1-2H3. The highest BCUT2D eigenvalue weighted by molar-refractivity contribution is 4.68. The molecule has 1 atom stereocenters. The van der Waals surface area contributed by atoms with Crippen LogP contribution in [0.3, 0.4) is 0 Å². The van der Waals surface area contributed by atoms with Gasteiger partial charge in [-0.15, -0.1) is 0 Å². The van der Waals surface area contributed by atoms with Gasteiger partial charge in [-0.1, -0.05) is 0 Å². The highest BCUT2D eigenvalue weighted by Crippen LogP contribution is 2.06. The summed E-state index contributed by atoms with van der Waals surface area (Å²) >= 11 is 0. The third kappa shape index (κ3) is 1.93. The Morgan fingerprint density at radius 3 is 2.56 bits per heavy atom. The fourth-order valence-electron chi connectivity index (χ4n) is 1.06. The van der Waals surface area contributed by atoms with Crippen LogP contribution in [0.15, 0.2) is 0 Å². The van der Waals surface area contributed by atoms with Gasteiger partial charge in [-0.2, -0.15) is 0 Å².